The standard InChI is InChI=1S/C14H15N3.C2H6/c1-3-6-11-10(2)9-15-14-13(11)16-12-7-4-5-8-17(12)14;1-2/h3-9,12,16H,1-2H3;1-2H3/b6-3-;. The van der Waals surface area contributed by atoms with E-state index < -0.39 is 0 Å². The van der Waals surface area contributed by atoms with Crippen LogP contribution in [0, 0.1) is 6.92 Å². The minimum atomic E-state index is 0.202. The van der Waals surface area contributed by atoms with E-state index in [1.807, 2.05) is 33.0 Å². The van der Waals surface area contributed by atoms with Crippen LogP contribution in [0.5, 0.6) is 0 Å². The molecule has 1 atom stereocenters. The Bertz CT molecular complexity index is 541. The quantitative estimate of drug-likeness (QED) is 0.819. The zero-order valence-electron chi connectivity index (χ0n) is 12.0. The molecule has 100 valence electrons. The molecule has 3 rings (SSSR count). The monoisotopic (exact) mass is 255 g/mol. The van der Waals surface area contributed by atoms with E-state index >= 15 is 0 Å². The smallest absolute Gasteiger partial charge is 0.158 e. The van der Waals surface area contributed by atoms with Crippen molar-refractivity contribution in [2.45, 2.75) is 33.9 Å². The van der Waals surface area contributed by atoms with Crippen LogP contribution in [0.2, 0.25) is 0 Å². The molecule has 3 heteroatoms. The molecule has 0 amide bonds. The average Bonchev–Trinajstić information content (AvgIpc) is 2.83. The van der Waals surface area contributed by atoms with Crippen LogP contribution >= 0.6 is 0 Å². The molecule has 1 unspecified atom stereocenters. The van der Waals surface area contributed by atoms with Crippen molar-refractivity contribution in [3.05, 3.63) is 47.8 Å². The van der Waals surface area contributed by atoms with Crippen LogP contribution in [0.15, 0.2) is 36.7 Å². The number of nitrogens with zero attached hydrogens (tertiary/aromatic N) is 2. The van der Waals surface area contributed by atoms with Gasteiger partial charge < -0.3 is 10.2 Å². The van der Waals surface area contributed by atoms with Gasteiger partial charge in [-0.05, 0) is 31.6 Å². The van der Waals surface area contributed by atoms with Crippen molar-refractivity contribution in [2.75, 3.05) is 10.2 Å². The van der Waals surface area contributed by atoms with Gasteiger partial charge >= 0.3 is 0 Å². The molecule has 2 aliphatic rings. The van der Waals surface area contributed by atoms with Gasteiger partial charge in [0.1, 0.15) is 6.17 Å². The number of aromatic nitrogens is 1. The second-order valence-electron chi connectivity index (χ2n) is 4.28. The highest BCUT2D eigenvalue weighted by molar-refractivity contribution is 5.84. The predicted octanol–water partition coefficient (Wildman–Crippen LogP) is 4.09. The van der Waals surface area contributed by atoms with Crippen LogP contribution in [0.3, 0.4) is 0 Å². The molecule has 0 aliphatic carbocycles. The summed E-state index contributed by atoms with van der Waals surface area (Å²) in [6.45, 7) is 8.13. The van der Waals surface area contributed by atoms with Gasteiger partial charge in [-0.25, -0.2) is 4.98 Å². The first-order valence-electron chi connectivity index (χ1n) is 6.83. The summed E-state index contributed by atoms with van der Waals surface area (Å²) in [7, 11) is 0. The molecule has 0 saturated heterocycles. The van der Waals surface area contributed by atoms with Crippen molar-refractivity contribution >= 4 is 17.6 Å². The maximum absolute atomic E-state index is 4.53. The number of fused-ring (bicyclic) bond motifs is 3. The molecule has 0 radical (unpaired) electrons. The van der Waals surface area contributed by atoms with Crippen LogP contribution in [-0.4, -0.2) is 11.1 Å². The molecule has 0 aromatic carbocycles. The molecule has 3 heterocycles. The van der Waals surface area contributed by atoms with Gasteiger partial charge in [0.15, 0.2) is 5.82 Å². The molecule has 1 aromatic rings. The minimum absolute atomic E-state index is 0.202. The van der Waals surface area contributed by atoms with E-state index in [0.717, 1.165) is 11.5 Å². The maximum atomic E-state index is 4.53. The van der Waals surface area contributed by atoms with E-state index in [4.69, 9.17) is 0 Å². The van der Waals surface area contributed by atoms with Gasteiger partial charge in [-0.15, -0.1) is 0 Å². The summed E-state index contributed by atoms with van der Waals surface area (Å²) in [5, 5.41) is 3.50. The predicted molar refractivity (Wildman–Crippen MR) is 83.2 cm³/mol. The zero-order chi connectivity index (χ0) is 13.8. The molecule has 19 heavy (non-hydrogen) atoms. The molecular formula is C16H21N3. The maximum Gasteiger partial charge on any atom is 0.158 e. The molecule has 3 nitrogen and oxygen atoms in total. The van der Waals surface area contributed by atoms with Gasteiger partial charge in [0.25, 0.3) is 0 Å². The number of hydrogen-bond acceptors (Lipinski definition) is 3. The highest BCUT2D eigenvalue weighted by atomic mass is 15.4. The van der Waals surface area contributed by atoms with Crippen molar-refractivity contribution in [3.8, 4) is 0 Å². The van der Waals surface area contributed by atoms with Gasteiger partial charge in [0.2, 0.25) is 0 Å². The third-order valence-corrected chi connectivity index (χ3v) is 3.12. The first kappa shape index (κ1) is 13.4. The lowest BCUT2D eigenvalue weighted by Crippen LogP contribution is -2.30. The molecule has 0 saturated carbocycles. The number of hydrogen-bond donors (Lipinski definition) is 1. The van der Waals surface area contributed by atoms with Gasteiger partial charge in [0.05, 0.1) is 5.69 Å². The fourth-order valence-corrected chi connectivity index (χ4v) is 2.29. The Balaban J connectivity index is 0.000000637. The van der Waals surface area contributed by atoms with Crippen LogP contribution < -0.4 is 10.2 Å². The van der Waals surface area contributed by atoms with Crippen molar-refractivity contribution in [3.63, 3.8) is 0 Å². The SMILES string of the molecule is C/C=C\c1c(C)cnc2c1NC1C=CC=CN21.CC. The summed E-state index contributed by atoms with van der Waals surface area (Å²) in [6.07, 6.45) is 14.6. The van der Waals surface area contributed by atoms with Gasteiger partial charge in [-0.3, -0.25) is 0 Å². The molecule has 0 spiro atoms. The average molecular weight is 255 g/mol. The van der Waals surface area contributed by atoms with E-state index in [-0.39, 0.29) is 6.17 Å². The van der Waals surface area contributed by atoms with Crippen molar-refractivity contribution in [2.24, 2.45) is 0 Å². The number of aryl methyl sites for hydroxylation is 1. The normalized spacial score (nSPS) is 18.7. The lowest BCUT2D eigenvalue weighted by molar-refractivity contribution is 0.895. The van der Waals surface area contributed by atoms with Crippen LogP contribution in [0.1, 0.15) is 31.9 Å². The minimum Gasteiger partial charge on any atom is -0.358 e. The number of anilines is 2. The highest BCUT2D eigenvalue weighted by Gasteiger charge is 2.29. The summed E-state index contributed by atoms with van der Waals surface area (Å²) < 4.78 is 0. The zero-order valence-corrected chi connectivity index (χ0v) is 12.0. The number of nitrogens with one attached hydrogen (secondary N) is 1. The summed E-state index contributed by atoms with van der Waals surface area (Å²) in [5.41, 5.74) is 3.56. The Morgan fingerprint density at radius 3 is 2.84 bits per heavy atom. The number of allylic oxidation sites excluding steroid dienone is 3. The van der Waals surface area contributed by atoms with Crippen LogP contribution in [0.4, 0.5) is 11.5 Å². The largest absolute Gasteiger partial charge is 0.358 e. The molecular weight excluding hydrogens is 234 g/mol. The third kappa shape index (κ3) is 2.28. The fraction of sp³-hybridized carbons (Fsp3) is 0.312. The van der Waals surface area contributed by atoms with Crippen molar-refractivity contribution in [1.29, 1.82) is 0 Å². The second-order valence-corrected chi connectivity index (χ2v) is 4.28. The first-order valence-corrected chi connectivity index (χ1v) is 6.83. The second kappa shape index (κ2) is 5.74. The molecule has 0 fully saturated rings. The Morgan fingerprint density at radius 1 is 1.32 bits per heavy atom. The molecule has 0 bridgehead atoms. The Morgan fingerprint density at radius 2 is 2.11 bits per heavy atom. The van der Waals surface area contributed by atoms with Crippen LogP contribution in [0.25, 0.3) is 6.08 Å². The Kier molecular flexibility index (Phi) is 4.05. The lowest BCUT2D eigenvalue weighted by atomic mass is 10.1. The first-order chi connectivity index (χ1) is 9.31. The van der Waals surface area contributed by atoms with Crippen molar-refractivity contribution in [1.82, 2.24) is 4.98 Å². The lowest BCUT2D eigenvalue weighted by Gasteiger charge is -2.21. The fourth-order valence-electron chi connectivity index (χ4n) is 2.29. The molecule has 2 aliphatic heterocycles. The van der Waals surface area contributed by atoms with Gasteiger partial charge in [-0.1, -0.05) is 32.1 Å². The Labute approximate surface area is 115 Å². The molecule has 1 N–H and O–H groups in total. The summed E-state index contributed by atoms with van der Waals surface area (Å²) in [5.74, 6) is 1.01. The Hall–Kier alpha value is -2.03. The van der Waals surface area contributed by atoms with E-state index in [9.17, 15) is 0 Å². The van der Waals surface area contributed by atoms with Gasteiger partial charge in [0, 0.05) is 18.0 Å². The third-order valence-electron chi connectivity index (χ3n) is 3.12. The van der Waals surface area contributed by atoms with Crippen molar-refractivity contribution < 1.29 is 0 Å². The van der Waals surface area contributed by atoms with E-state index in [1.165, 1.54) is 11.1 Å². The summed E-state index contributed by atoms with van der Waals surface area (Å²) >= 11 is 0. The topological polar surface area (TPSA) is 28.2 Å². The highest BCUT2D eigenvalue weighted by Crippen LogP contribution is 2.38. The summed E-state index contributed by atoms with van der Waals surface area (Å²) in [6, 6.07) is 0. The van der Waals surface area contributed by atoms with E-state index in [2.05, 4.69) is 52.6 Å². The summed E-state index contributed by atoms with van der Waals surface area (Å²) in [4.78, 5) is 6.68. The van der Waals surface area contributed by atoms with E-state index in [0.29, 0.717) is 0 Å². The number of rotatable bonds is 1. The van der Waals surface area contributed by atoms with E-state index in [1.54, 1.807) is 0 Å². The van der Waals surface area contributed by atoms with Gasteiger partial charge in [-0.2, -0.15) is 0 Å². The van der Waals surface area contributed by atoms with Crippen LogP contribution in [-0.2, 0) is 0 Å². The number of pyridine rings is 1. The molecule has 1 aromatic heterocycles.